The Balaban J connectivity index is 1.91. The average molecular weight is 302 g/mol. The van der Waals surface area contributed by atoms with Crippen molar-refractivity contribution in [3.8, 4) is 17.2 Å². The summed E-state index contributed by atoms with van der Waals surface area (Å²) in [4.78, 5) is 11.8. The van der Waals surface area contributed by atoms with Crippen molar-refractivity contribution in [1.29, 1.82) is 0 Å². The van der Waals surface area contributed by atoms with Gasteiger partial charge in [0, 0.05) is 12.1 Å². The second kappa shape index (κ2) is 7.21. The number of phenolic OH excluding ortho intramolecular Hbond substituents is 1. The van der Waals surface area contributed by atoms with Crippen LogP contribution in [0.1, 0.15) is 6.92 Å². The Bertz CT molecular complexity index is 658. The molecule has 0 aliphatic carbocycles. The van der Waals surface area contributed by atoms with Crippen LogP contribution in [0.15, 0.2) is 42.5 Å². The lowest BCUT2D eigenvalue weighted by Crippen LogP contribution is -2.20. The molecule has 6 nitrogen and oxygen atoms in total. The van der Waals surface area contributed by atoms with E-state index in [1.54, 1.807) is 18.2 Å². The van der Waals surface area contributed by atoms with Gasteiger partial charge in [-0.25, -0.2) is 0 Å². The molecule has 0 fully saturated rings. The largest absolute Gasteiger partial charge is 0.508 e. The number of nitrogen functional groups attached to an aromatic ring is 1. The summed E-state index contributed by atoms with van der Waals surface area (Å²) in [6, 6.07) is 11.4. The minimum atomic E-state index is -0.348. The maximum Gasteiger partial charge on any atom is 0.262 e. The van der Waals surface area contributed by atoms with E-state index in [0.29, 0.717) is 23.8 Å². The number of rotatable bonds is 6. The zero-order valence-electron chi connectivity index (χ0n) is 12.2. The first-order valence-electron chi connectivity index (χ1n) is 6.82. The number of benzene rings is 2. The van der Waals surface area contributed by atoms with Crippen molar-refractivity contribution in [1.82, 2.24) is 0 Å². The maximum absolute atomic E-state index is 11.8. The third-order valence-corrected chi connectivity index (χ3v) is 2.80. The molecule has 0 aliphatic rings. The van der Waals surface area contributed by atoms with Crippen molar-refractivity contribution in [2.45, 2.75) is 6.92 Å². The molecule has 0 heterocycles. The molecular formula is C16H18N2O4. The van der Waals surface area contributed by atoms with Crippen LogP contribution in [0.5, 0.6) is 17.2 Å². The van der Waals surface area contributed by atoms with Gasteiger partial charge in [0.15, 0.2) is 6.61 Å². The molecule has 0 aliphatic heterocycles. The SMILES string of the molecule is CCOc1cccc(OCC(=O)Nc2ccc(O)cc2N)c1. The third kappa shape index (κ3) is 4.31. The van der Waals surface area contributed by atoms with Crippen molar-refractivity contribution in [3.63, 3.8) is 0 Å². The van der Waals surface area contributed by atoms with Crippen molar-refractivity contribution < 1.29 is 19.4 Å². The number of amides is 1. The van der Waals surface area contributed by atoms with Crippen LogP contribution in [-0.4, -0.2) is 24.2 Å². The van der Waals surface area contributed by atoms with Crippen LogP contribution in [0.25, 0.3) is 0 Å². The third-order valence-electron chi connectivity index (χ3n) is 2.80. The topological polar surface area (TPSA) is 93.8 Å². The molecule has 4 N–H and O–H groups in total. The monoisotopic (exact) mass is 302 g/mol. The molecule has 0 saturated heterocycles. The maximum atomic E-state index is 11.8. The van der Waals surface area contributed by atoms with Gasteiger partial charge in [-0.2, -0.15) is 0 Å². The molecular weight excluding hydrogens is 284 g/mol. The van der Waals surface area contributed by atoms with Crippen LogP contribution in [0.2, 0.25) is 0 Å². The van der Waals surface area contributed by atoms with Crippen LogP contribution in [0.4, 0.5) is 11.4 Å². The summed E-state index contributed by atoms with van der Waals surface area (Å²) in [7, 11) is 0. The van der Waals surface area contributed by atoms with E-state index in [0.717, 1.165) is 0 Å². The quantitative estimate of drug-likeness (QED) is 0.562. The number of nitrogens with two attached hydrogens (primary N) is 1. The summed E-state index contributed by atoms with van der Waals surface area (Å²) in [5.74, 6) is 0.918. The summed E-state index contributed by atoms with van der Waals surface area (Å²) in [5, 5.41) is 11.9. The summed E-state index contributed by atoms with van der Waals surface area (Å²) in [6.45, 7) is 2.29. The predicted molar refractivity (Wildman–Crippen MR) is 84.3 cm³/mol. The highest BCUT2D eigenvalue weighted by Gasteiger charge is 2.07. The van der Waals surface area contributed by atoms with Gasteiger partial charge in [-0.05, 0) is 31.2 Å². The smallest absolute Gasteiger partial charge is 0.262 e. The normalized spacial score (nSPS) is 10.0. The Morgan fingerprint density at radius 3 is 2.59 bits per heavy atom. The van der Waals surface area contributed by atoms with Crippen molar-refractivity contribution in [2.75, 3.05) is 24.3 Å². The number of hydrogen-bond acceptors (Lipinski definition) is 5. The minimum absolute atomic E-state index is 0.0412. The molecule has 116 valence electrons. The van der Waals surface area contributed by atoms with Gasteiger partial charge in [-0.3, -0.25) is 4.79 Å². The number of carbonyl (C=O) groups is 1. The van der Waals surface area contributed by atoms with E-state index in [9.17, 15) is 9.90 Å². The summed E-state index contributed by atoms with van der Waals surface area (Å²) < 4.78 is 10.8. The summed E-state index contributed by atoms with van der Waals surface area (Å²) in [6.07, 6.45) is 0. The van der Waals surface area contributed by atoms with Gasteiger partial charge in [-0.15, -0.1) is 0 Å². The zero-order chi connectivity index (χ0) is 15.9. The Labute approximate surface area is 128 Å². The predicted octanol–water partition coefficient (Wildman–Crippen LogP) is 2.39. The molecule has 0 unspecified atom stereocenters. The van der Waals surface area contributed by atoms with Gasteiger partial charge < -0.3 is 25.6 Å². The Morgan fingerprint density at radius 2 is 1.91 bits per heavy atom. The van der Waals surface area contributed by atoms with Gasteiger partial charge in [0.05, 0.1) is 18.0 Å². The van der Waals surface area contributed by atoms with Crippen LogP contribution in [0, 0.1) is 0 Å². The number of anilines is 2. The lowest BCUT2D eigenvalue weighted by atomic mass is 10.2. The van der Waals surface area contributed by atoms with Crippen LogP contribution in [0.3, 0.4) is 0 Å². The Morgan fingerprint density at radius 1 is 1.18 bits per heavy atom. The highest BCUT2D eigenvalue weighted by atomic mass is 16.5. The van der Waals surface area contributed by atoms with Gasteiger partial charge in [0.1, 0.15) is 17.2 Å². The van der Waals surface area contributed by atoms with Crippen molar-refractivity contribution in [2.24, 2.45) is 0 Å². The first-order chi connectivity index (χ1) is 10.6. The highest BCUT2D eigenvalue weighted by molar-refractivity contribution is 5.94. The van der Waals surface area contributed by atoms with Crippen molar-refractivity contribution in [3.05, 3.63) is 42.5 Å². The molecule has 0 saturated carbocycles. The lowest BCUT2D eigenvalue weighted by Gasteiger charge is -2.10. The Hall–Kier alpha value is -2.89. The molecule has 2 rings (SSSR count). The second-order valence-electron chi connectivity index (χ2n) is 4.52. The van der Waals surface area contributed by atoms with E-state index in [1.165, 1.54) is 18.2 Å². The molecule has 0 aromatic heterocycles. The number of ether oxygens (including phenoxy) is 2. The van der Waals surface area contributed by atoms with Crippen LogP contribution < -0.4 is 20.5 Å². The first kappa shape index (κ1) is 15.5. The molecule has 0 spiro atoms. The van der Waals surface area contributed by atoms with Gasteiger partial charge in [0.25, 0.3) is 5.91 Å². The zero-order valence-corrected chi connectivity index (χ0v) is 12.2. The van der Waals surface area contributed by atoms with E-state index in [1.807, 2.05) is 13.0 Å². The molecule has 0 radical (unpaired) electrons. The molecule has 22 heavy (non-hydrogen) atoms. The van der Waals surface area contributed by atoms with E-state index in [2.05, 4.69) is 5.32 Å². The first-order valence-corrected chi connectivity index (χ1v) is 6.82. The number of carbonyl (C=O) groups excluding carboxylic acids is 1. The van der Waals surface area contributed by atoms with Crippen molar-refractivity contribution >= 4 is 17.3 Å². The van der Waals surface area contributed by atoms with E-state index < -0.39 is 0 Å². The fourth-order valence-corrected chi connectivity index (χ4v) is 1.82. The molecule has 6 heteroatoms. The minimum Gasteiger partial charge on any atom is -0.508 e. The van der Waals surface area contributed by atoms with Gasteiger partial charge >= 0.3 is 0 Å². The van der Waals surface area contributed by atoms with E-state index in [-0.39, 0.29) is 24.0 Å². The molecule has 0 bridgehead atoms. The summed E-state index contributed by atoms with van der Waals surface area (Å²) in [5.41, 5.74) is 6.41. The highest BCUT2D eigenvalue weighted by Crippen LogP contribution is 2.23. The van der Waals surface area contributed by atoms with Gasteiger partial charge in [0.2, 0.25) is 0 Å². The number of phenols is 1. The lowest BCUT2D eigenvalue weighted by molar-refractivity contribution is -0.118. The molecule has 2 aromatic carbocycles. The molecule has 2 aromatic rings. The fraction of sp³-hybridized carbons (Fsp3) is 0.188. The van der Waals surface area contributed by atoms with Gasteiger partial charge in [-0.1, -0.05) is 6.07 Å². The van der Waals surface area contributed by atoms with E-state index >= 15 is 0 Å². The number of nitrogens with one attached hydrogen (secondary N) is 1. The van der Waals surface area contributed by atoms with E-state index in [4.69, 9.17) is 15.2 Å². The average Bonchev–Trinajstić information content (AvgIpc) is 2.49. The van der Waals surface area contributed by atoms with Crippen LogP contribution >= 0.6 is 0 Å². The summed E-state index contributed by atoms with van der Waals surface area (Å²) >= 11 is 0. The fourth-order valence-electron chi connectivity index (χ4n) is 1.82. The molecule has 1 amide bonds. The number of hydrogen-bond donors (Lipinski definition) is 3. The van der Waals surface area contributed by atoms with Crippen LogP contribution in [-0.2, 0) is 4.79 Å². The second-order valence-corrected chi connectivity index (χ2v) is 4.52. The number of aromatic hydroxyl groups is 1. The molecule has 0 atom stereocenters. The standard InChI is InChI=1S/C16H18N2O4/c1-2-21-12-4-3-5-13(9-12)22-10-16(20)18-15-7-6-11(19)8-14(15)17/h3-9,19H,2,10,17H2,1H3,(H,18,20). The Kier molecular flexibility index (Phi) is 5.08.